The van der Waals surface area contributed by atoms with Gasteiger partial charge in [0.15, 0.2) is 11.6 Å². The Labute approximate surface area is 200 Å². The molecule has 3 aromatic carbocycles. The zero-order valence-electron chi connectivity index (χ0n) is 18.0. The second-order valence-corrected chi connectivity index (χ2v) is 7.60. The number of carbonyl (C=O) groups excluding carboxylic acids is 1. The number of hydrogen-bond acceptors (Lipinski definition) is 6. The summed E-state index contributed by atoms with van der Waals surface area (Å²) >= 11 is 5.86. The summed E-state index contributed by atoms with van der Waals surface area (Å²) in [4.78, 5) is 11.2. The lowest BCUT2D eigenvalue weighted by molar-refractivity contribution is -0.141. The Hall–Kier alpha value is -3.86. The van der Waals surface area contributed by atoms with Crippen molar-refractivity contribution in [1.82, 2.24) is 15.0 Å². The third kappa shape index (κ3) is 5.46. The topological polar surface area (TPSA) is 75.5 Å². The minimum absolute atomic E-state index is 0.109. The van der Waals surface area contributed by atoms with Gasteiger partial charge in [-0.15, -0.1) is 5.10 Å². The fraction of sp³-hybridized carbons (Fsp3) is 0.174. The third-order valence-corrected chi connectivity index (χ3v) is 5.13. The molecule has 0 atom stereocenters. The summed E-state index contributed by atoms with van der Waals surface area (Å²) in [5.74, 6) is -1.53. The van der Waals surface area contributed by atoms with E-state index in [0.29, 0.717) is 34.6 Å². The predicted molar refractivity (Wildman–Crippen MR) is 117 cm³/mol. The average Bonchev–Trinajstić information content (AvgIpc) is 3.24. The van der Waals surface area contributed by atoms with Crippen molar-refractivity contribution in [2.24, 2.45) is 0 Å². The maximum Gasteiger partial charge on any atom is 0.416 e. The van der Waals surface area contributed by atoms with Crippen LogP contribution in [0.1, 0.15) is 12.0 Å². The fourth-order valence-corrected chi connectivity index (χ4v) is 3.38. The molecule has 0 aliphatic rings. The maximum atomic E-state index is 14.3. The monoisotopic (exact) mass is 509 g/mol. The average molecular weight is 510 g/mol. The molecule has 0 aliphatic heterocycles. The van der Waals surface area contributed by atoms with Gasteiger partial charge in [0.2, 0.25) is 0 Å². The van der Waals surface area contributed by atoms with E-state index in [4.69, 9.17) is 21.1 Å². The van der Waals surface area contributed by atoms with E-state index in [1.807, 2.05) is 0 Å². The molecule has 0 spiro atoms. The third-order valence-electron chi connectivity index (χ3n) is 4.85. The molecule has 0 aliphatic carbocycles. The van der Waals surface area contributed by atoms with Gasteiger partial charge in [-0.3, -0.25) is 4.79 Å². The highest BCUT2D eigenvalue weighted by Gasteiger charge is 2.32. The highest BCUT2D eigenvalue weighted by atomic mass is 35.5. The molecule has 7 nitrogen and oxygen atoms in total. The van der Waals surface area contributed by atoms with E-state index in [0.717, 1.165) is 0 Å². The van der Waals surface area contributed by atoms with Crippen LogP contribution in [0.15, 0.2) is 54.6 Å². The van der Waals surface area contributed by atoms with E-state index in [-0.39, 0.29) is 24.7 Å². The fourth-order valence-electron chi connectivity index (χ4n) is 3.13. The van der Waals surface area contributed by atoms with Crippen molar-refractivity contribution in [1.29, 1.82) is 0 Å². The van der Waals surface area contributed by atoms with Gasteiger partial charge in [0.1, 0.15) is 17.0 Å². The van der Waals surface area contributed by atoms with E-state index >= 15 is 0 Å². The summed E-state index contributed by atoms with van der Waals surface area (Å²) in [5.41, 5.74) is 0.381. The van der Waals surface area contributed by atoms with E-state index in [9.17, 15) is 22.4 Å². The van der Waals surface area contributed by atoms with Crippen molar-refractivity contribution in [3.8, 4) is 22.9 Å². The van der Waals surface area contributed by atoms with Gasteiger partial charge in [0.05, 0.1) is 41.9 Å². The van der Waals surface area contributed by atoms with Crippen molar-refractivity contribution in [2.75, 3.05) is 13.7 Å². The van der Waals surface area contributed by atoms with Gasteiger partial charge in [-0.2, -0.15) is 13.2 Å². The maximum absolute atomic E-state index is 14.3. The van der Waals surface area contributed by atoms with Crippen LogP contribution in [0.5, 0.6) is 17.2 Å². The predicted octanol–water partition coefficient (Wildman–Crippen LogP) is 5.97. The molecule has 0 saturated carbocycles. The first kappa shape index (κ1) is 24.3. The van der Waals surface area contributed by atoms with Gasteiger partial charge in [-0.05, 0) is 48.5 Å². The Morgan fingerprint density at radius 3 is 2.43 bits per heavy atom. The van der Waals surface area contributed by atoms with Crippen LogP contribution in [-0.4, -0.2) is 34.7 Å². The van der Waals surface area contributed by atoms with Crippen LogP contribution in [0.3, 0.4) is 0 Å². The van der Waals surface area contributed by atoms with Crippen molar-refractivity contribution in [2.45, 2.75) is 12.6 Å². The highest BCUT2D eigenvalue weighted by Crippen LogP contribution is 2.39. The standard InChI is InChI=1S/C23H16ClF4N3O4/c1-33-21(32)8-9-34-15-4-2-14(3-5-15)31-20-12-16(6-7-19(20)29-30-31)35-22-17(24)10-13(11-18(22)25)23(26,27)28/h2-7,10-12H,8-9H2,1H3. The first-order chi connectivity index (χ1) is 16.7. The lowest BCUT2D eigenvalue weighted by Crippen LogP contribution is -2.07. The van der Waals surface area contributed by atoms with Crippen molar-refractivity contribution < 1.29 is 36.6 Å². The normalized spacial score (nSPS) is 11.5. The molecule has 1 heterocycles. The summed E-state index contributed by atoms with van der Waals surface area (Å²) in [6.45, 7) is 0.155. The molecule has 0 saturated heterocycles. The molecule has 1 aromatic heterocycles. The molecule has 4 rings (SSSR count). The van der Waals surface area contributed by atoms with Crippen LogP contribution in [0.2, 0.25) is 5.02 Å². The van der Waals surface area contributed by atoms with E-state index in [2.05, 4.69) is 15.0 Å². The molecule has 35 heavy (non-hydrogen) atoms. The van der Waals surface area contributed by atoms with Crippen LogP contribution in [0.25, 0.3) is 16.7 Å². The van der Waals surface area contributed by atoms with Crippen LogP contribution in [-0.2, 0) is 15.7 Å². The number of aromatic nitrogens is 3. The van der Waals surface area contributed by atoms with Crippen LogP contribution < -0.4 is 9.47 Å². The molecule has 0 unspecified atom stereocenters. The lowest BCUT2D eigenvalue weighted by Gasteiger charge is -2.12. The number of hydrogen-bond donors (Lipinski definition) is 0. The smallest absolute Gasteiger partial charge is 0.416 e. The molecular formula is C23H16ClF4N3O4. The molecule has 0 N–H and O–H groups in total. The lowest BCUT2D eigenvalue weighted by atomic mass is 10.2. The number of alkyl halides is 3. The molecular weight excluding hydrogens is 494 g/mol. The second kappa shape index (κ2) is 9.79. The molecule has 4 aromatic rings. The number of benzene rings is 3. The number of carbonyl (C=O) groups is 1. The number of halogens is 5. The van der Waals surface area contributed by atoms with Gasteiger partial charge in [-0.25, -0.2) is 9.07 Å². The summed E-state index contributed by atoms with van der Waals surface area (Å²) in [6.07, 6.45) is -4.64. The minimum atomic E-state index is -4.75. The molecule has 0 bridgehead atoms. The Morgan fingerprint density at radius 2 is 1.77 bits per heavy atom. The number of esters is 1. The zero-order valence-corrected chi connectivity index (χ0v) is 18.7. The van der Waals surface area contributed by atoms with Crippen LogP contribution in [0.4, 0.5) is 17.6 Å². The second-order valence-electron chi connectivity index (χ2n) is 7.19. The Kier molecular flexibility index (Phi) is 6.79. The number of methoxy groups -OCH3 is 1. The summed E-state index contributed by atoms with van der Waals surface area (Å²) < 4.78 is 70.0. The summed E-state index contributed by atoms with van der Waals surface area (Å²) in [7, 11) is 1.30. The Bertz CT molecular complexity index is 1350. The van der Waals surface area contributed by atoms with Gasteiger partial charge >= 0.3 is 12.1 Å². The first-order valence-electron chi connectivity index (χ1n) is 10.1. The summed E-state index contributed by atoms with van der Waals surface area (Å²) in [6, 6.07) is 12.2. The SMILES string of the molecule is COC(=O)CCOc1ccc(-n2nnc3ccc(Oc4c(F)cc(C(F)(F)F)cc4Cl)cc32)cc1. The molecule has 0 fully saturated rings. The van der Waals surface area contributed by atoms with E-state index < -0.39 is 28.3 Å². The molecule has 182 valence electrons. The highest BCUT2D eigenvalue weighted by molar-refractivity contribution is 6.32. The van der Waals surface area contributed by atoms with Gasteiger partial charge in [0, 0.05) is 6.07 Å². The number of nitrogens with zero attached hydrogens (tertiary/aromatic N) is 3. The first-order valence-corrected chi connectivity index (χ1v) is 10.4. The van der Waals surface area contributed by atoms with Gasteiger partial charge in [-0.1, -0.05) is 16.8 Å². The van der Waals surface area contributed by atoms with E-state index in [1.54, 1.807) is 30.3 Å². The van der Waals surface area contributed by atoms with Crippen LogP contribution in [0, 0.1) is 5.82 Å². The van der Waals surface area contributed by atoms with E-state index in [1.165, 1.54) is 23.9 Å². The van der Waals surface area contributed by atoms with Gasteiger partial charge < -0.3 is 14.2 Å². The largest absolute Gasteiger partial charge is 0.493 e. The minimum Gasteiger partial charge on any atom is -0.493 e. The Morgan fingerprint density at radius 1 is 1.06 bits per heavy atom. The zero-order chi connectivity index (χ0) is 25.2. The molecule has 12 heteroatoms. The van der Waals surface area contributed by atoms with Crippen molar-refractivity contribution >= 4 is 28.6 Å². The van der Waals surface area contributed by atoms with Crippen molar-refractivity contribution in [3.05, 3.63) is 71.0 Å². The molecule has 0 amide bonds. The van der Waals surface area contributed by atoms with Crippen molar-refractivity contribution in [3.63, 3.8) is 0 Å². The van der Waals surface area contributed by atoms with Crippen LogP contribution >= 0.6 is 11.6 Å². The Balaban J connectivity index is 1.56. The quantitative estimate of drug-likeness (QED) is 0.226. The number of ether oxygens (including phenoxy) is 3. The number of fused-ring (bicyclic) bond motifs is 1. The summed E-state index contributed by atoms with van der Waals surface area (Å²) in [5, 5.41) is 7.64. The van der Waals surface area contributed by atoms with Gasteiger partial charge in [0.25, 0.3) is 0 Å². The molecule has 0 radical (unpaired) electrons. The number of rotatable bonds is 7.